The van der Waals surface area contributed by atoms with Crippen LogP contribution in [0, 0.1) is 5.82 Å². The van der Waals surface area contributed by atoms with Gasteiger partial charge in [-0.3, -0.25) is 14.8 Å². The van der Waals surface area contributed by atoms with Gasteiger partial charge in [0.05, 0.1) is 19.0 Å². The molecule has 4 rings (SSSR count). The molecule has 0 aliphatic carbocycles. The van der Waals surface area contributed by atoms with Gasteiger partial charge in [-0.1, -0.05) is 29.4 Å². The molecule has 2 aromatic heterocycles. The molecular formula is C24H23FN3O7P. The summed E-state index contributed by atoms with van der Waals surface area (Å²) in [4.78, 5) is 19.7. The summed E-state index contributed by atoms with van der Waals surface area (Å²) in [5.74, 6) is 0.925. The second-order valence-corrected chi connectivity index (χ2v) is 8.96. The smallest absolute Gasteiger partial charge is 0.285 e. The number of pyridine rings is 1. The van der Waals surface area contributed by atoms with Gasteiger partial charge in [-0.15, -0.1) is 0 Å². The summed E-state index contributed by atoms with van der Waals surface area (Å²) in [6, 6.07) is 16.8. The molecule has 4 aromatic rings. The lowest BCUT2D eigenvalue weighted by molar-refractivity contribution is -0.712. The molecule has 0 amide bonds. The Labute approximate surface area is 205 Å². The minimum absolute atomic E-state index is 0.174. The first kappa shape index (κ1) is 25.3. The van der Waals surface area contributed by atoms with E-state index in [2.05, 4.69) is 9.68 Å². The van der Waals surface area contributed by atoms with Crippen LogP contribution >= 0.6 is 7.82 Å². The number of anilines is 1. The Bertz CT molecular complexity index is 1390. The van der Waals surface area contributed by atoms with Crippen molar-refractivity contribution in [2.24, 2.45) is 0 Å². The third kappa shape index (κ3) is 6.46. The van der Waals surface area contributed by atoms with E-state index in [1.54, 1.807) is 18.2 Å². The number of benzene rings is 2. The summed E-state index contributed by atoms with van der Waals surface area (Å²) in [7, 11) is -3.40. The van der Waals surface area contributed by atoms with Crippen LogP contribution in [0.3, 0.4) is 0 Å². The van der Waals surface area contributed by atoms with Crippen LogP contribution in [0.4, 0.5) is 10.2 Å². The van der Waals surface area contributed by atoms with Crippen molar-refractivity contribution in [3.05, 3.63) is 89.5 Å². The van der Waals surface area contributed by atoms with E-state index in [-0.39, 0.29) is 12.4 Å². The molecule has 36 heavy (non-hydrogen) atoms. The molecule has 3 N–H and O–H groups in total. The van der Waals surface area contributed by atoms with E-state index in [4.69, 9.17) is 24.6 Å². The molecule has 0 fully saturated rings. The normalized spacial score (nSPS) is 12.8. The summed E-state index contributed by atoms with van der Waals surface area (Å²) >= 11 is 0. The molecule has 0 spiro atoms. The van der Waals surface area contributed by atoms with Gasteiger partial charge >= 0.3 is 0 Å². The maximum absolute atomic E-state index is 13.5. The third-order valence-electron chi connectivity index (χ3n) is 5.23. The summed E-state index contributed by atoms with van der Waals surface area (Å²) < 4.78 is 46.4. The van der Waals surface area contributed by atoms with Crippen LogP contribution in [0.2, 0.25) is 0 Å². The SMILES string of the molecule is COc1ccc(F)cc1OCc1ccc(Cc2cc(-c3ccc[n+](COP(=O)([O-])O)c3N)on2)cc1. The Morgan fingerprint density at radius 1 is 1.14 bits per heavy atom. The number of hydrogen-bond donors (Lipinski definition) is 2. The van der Waals surface area contributed by atoms with Gasteiger partial charge < -0.3 is 23.8 Å². The van der Waals surface area contributed by atoms with Crippen LogP contribution in [-0.4, -0.2) is 17.2 Å². The zero-order valence-corrected chi connectivity index (χ0v) is 20.1. The van der Waals surface area contributed by atoms with Crippen LogP contribution in [-0.2, 0) is 28.8 Å². The Hall–Kier alpha value is -3.76. The highest BCUT2D eigenvalue weighted by molar-refractivity contribution is 7.44. The van der Waals surface area contributed by atoms with Crippen molar-refractivity contribution in [1.29, 1.82) is 0 Å². The van der Waals surface area contributed by atoms with Gasteiger partial charge in [0.25, 0.3) is 13.6 Å². The first-order valence-electron chi connectivity index (χ1n) is 10.7. The molecule has 2 aromatic carbocycles. The van der Waals surface area contributed by atoms with Gasteiger partial charge in [0.15, 0.2) is 24.0 Å². The van der Waals surface area contributed by atoms with Crippen molar-refractivity contribution >= 4 is 13.6 Å². The van der Waals surface area contributed by atoms with Crippen LogP contribution in [0.15, 0.2) is 71.4 Å². The van der Waals surface area contributed by atoms with Crippen molar-refractivity contribution < 1.29 is 41.8 Å². The number of phosphoric acid groups is 1. The largest absolute Gasteiger partial charge is 0.756 e. The molecule has 0 bridgehead atoms. The monoisotopic (exact) mass is 515 g/mol. The number of hydrogen-bond acceptors (Lipinski definition) is 8. The number of methoxy groups -OCH3 is 1. The van der Waals surface area contributed by atoms with E-state index in [0.717, 1.165) is 11.1 Å². The van der Waals surface area contributed by atoms with Gasteiger partial charge in [-0.05, 0) is 35.4 Å². The number of phosphoric ester groups is 1. The fourth-order valence-electron chi connectivity index (χ4n) is 3.43. The van der Waals surface area contributed by atoms with E-state index < -0.39 is 20.4 Å². The molecular weight excluding hydrogens is 492 g/mol. The number of nitrogen functional groups attached to an aromatic ring is 1. The highest BCUT2D eigenvalue weighted by Crippen LogP contribution is 2.31. The van der Waals surface area contributed by atoms with Crippen molar-refractivity contribution in [2.45, 2.75) is 19.8 Å². The third-order valence-corrected chi connectivity index (χ3v) is 5.67. The van der Waals surface area contributed by atoms with E-state index in [1.165, 1.54) is 36.1 Å². The van der Waals surface area contributed by atoms with Crippen molar-refractivity contribution in [3.8, 4) is 22.8 Å². The number of nitrogens with two attached hydrogens (primary N) is 1. The zero-order chi connectivity index (χ0) is 25.7. The number of rotatable bonds is 10. The predicted octanol–water partition coefficient (Wildman–Crippen LogP) is 2.96. The Kier molecular flexibility index (Phi) is 7.66. The van der Waals surface area contributed by atoms with Gasteiger partial charge in [0, 0.05) is 18.6 Å². The predicted molar refractivity (Wildman–Crippen MR) is 124 cm³/mol. The summed E-state index contributed by atoms with van der Waals surface area (Å²) in [6.45, 7) is -0.247. The van der Waals surface area contributed by atoms with E-state index in [9.17, 15) is 13.8 Å². The molecule has 0 saturated carbocycles. The molecule has 10 nitrogen and oxygen atoms in total. The number of ether oxygens (including phenoxy) is 2. The molecule has 0 aliphatic rings. The van der Waals surface area contributed by atoms with Crippen molar-refractivity contribution in [2.75, 3.05) is 12.8 Å². The maximum atomic E-state index is 13.5. The molecule has 0 saturated heterocycles. The van der Waals surface area contributed by atoms with E-state index in [1.807, 2.05) is 24.3 Å². The summed E-state index contributed by atoms with van der Waals surface area (Å²) in [5, 5.41) is 4.09. The molecule has 1 unspecified atom stereocenters. The first-order valence-corrected chi connectivity index (χ1v) is 12.2. The number of nitrogens with zero attached hydrogens (tertiary/aromatic N) is 2. The molecule has 1 atom stereocenters. The quantitative estimate of drug-likeness (QED) is 0.241. The Balaban J connectivity index is 1.40. The average Bonchev–Trinajstić information content (AvgIpc) is 3.30. The minimum Gasteiger partial charge on any atom is -0.756 e. The van der Waals surface area contributed by atoms with Crippen LogP contribution in [0.1, 0.15) is 16.8 Å². The summed E-state index contributed by atoms with van der Waals surface area (Å²) in [6.07, 6.45) is 1.99. The summed E-state index contributed by atoms with van der Waals surface area (Å²) in [5.41, 5.74) is 9.10. The fourth-order valence-corrected chi connectivity index (χ4v) is 3.70. The second-order valence-electron chi connectivity index (χ2n) is 7.76. The van der Waals surface area contributed by atoms with Gasteiger partial charge in [0.1, 0.15) is 18.0 Å². The highest BCUT2D eigenvalue weighted by atomic mass is 31.2. The minimum atomic E-state index is -4.89. The van der Waals surface area contributed by atoms with Gasteiger partial charge in [0.2, 0.25) is 0 Å². The Morgan fingerprint density at radius 3 is 2.61 bits per heavy atom. The van der Waals surface area contributed by atoms with Crippen molar-refractivity contribution in [1.82, 2.24) is 5.16 Å². The molecule has 0 radical (unpaired) electrons. The molecule has 0 aliphatic heterocycles. The van der Waals surface area contributed by atoms with E-state index in [0.29, 0.717) is 34.9 Å². The highest BCUT2D eigenvalue weighted by Gasteiger charge is 2.18. The molecule has 188 valence electrons. The van der Waals surface area contributed by atoms with Crippen LogP contribution in [0.25, 0.3) is 11.3 Å². The molecule has 2 heterocycles. The van der Waals surface area contributed by atoms with Crippen molar-refractivity contribution in [3.63, 3.8) is 0 Å². The lowest BCUT2D eigenvalue weighted by Gasteiger charge is -2.14. The Morgan fingerprint density at radius 2 is 1.89 bits per heavy atom. The number of halogens is 1. The van der Waals surface area contributed by atoms with Gasteiger partial charge in [-0.25, -0.2) is 8.96 Å². The fraction of sp³-hybridized carbons (Fsp3) is 0.167. The first-order chi connectivity index (χ1) is 17.2. The maximum Gasteiger partial charge on any atom is 0.285 e. The zero-order valence-electron chi connectivity index (χ0n) is 19.2. The number of aromatic nitrogens is 2. The lowest BCUT2D eigenvalue weighted by atomic mass is 10.1. The van der Waals surface area contributed by atoms with E-state index >= 15 is 0 Å². The second kappa shape index (κ2) is 10.9. The topological polar surface area (TPSA) is 144 Å². The van der Waals surface area contributed by atoms with Crippen LogP contribution in [0.5, 0.6) is 11.5 Å². The molecule has 12 heteroatoms. The van der Waals surface area contributed by atoms with Gasteiger partial charge in [-0.2, -0.15) is 0 Å². The lowest BCUT2D eigenvalue weighted by Crippen LogP contribution is -2.38. The standard InChI is InChI=1S/C24H23FN3O7P/c1-32-21-9-8-18(25)12-23(21)33-14-17-6-4-16(5-7-17)11-19-13-22(35-27-19)20-3-2-10-28(24(20)26)15-34-36(29,30)31/h2-10,12-13,26H,11,14-15H2,1H3,(H2,29,30,31). The van der Waals surface area contributed by atoms with Crippen LogP contribution < -0.4 is 24.7 Å². The average molecular weight is 515 g/mol.